The molecular formula is C11H17N7O2. The van der Waals surface area contributed by atoms with Gasteiger partial charge in [0.2, 0.25) is 11.8 Å². The van der Waals surface area contributed by atoms with E-state index >= 15 is 0 Å². The van der Waals surface area contributed by atoms with Crippen molar-refractivity contribution in [3.63, 3.8) is 0 Å². The number of hydrogen-bond donors (Lipinski definition) is 2. The molecule has 2 N–H and O–H groups in total. The Morgan fingerprint density at radius 2 is 2.30 bits per heavy atom. The standard InChI is InChI=1S/C11H17N7O2/c1-3-4-8-13-10(20-16-8)6-5-9(19)12-7(2)11-14-17-18-15-11/h7H,3-6H2,1-2H3,(H,12,19)(H,14,15,17,18). The maximum absolute atomic E-state index is 11.8. The van der Waals surface area contributed by atoms with Crippen molar-refractivity contribution in [2.45, 2.75) is 45.6 Å². The second-order valence-corrected chi connectivity index (χ2v) is 4.41. The van der Waals surface area contributed by atoms with Crippen LogP contribution < -0.4 is 5.32 Å². The summed E-state index contributed by atoms with van der Waals surface area (Å²) in [6.45, 7) is 3.83. The lowest BCUT2D eigenvalue weighted by Gasteiger charge is -2.08. The Morgan fingerprint density at radius 3 is 3.00 bits per heavy atom. The van der Waals surface area contributed by atoms with E-state index in [9.17, 15) is 4.79 Å². The third-order valence-electron chi connectivity index (χ3n) is 2.68. The van der Waals surface area contributed by atoms with Crippen molar-refractivity contribution < 1.29 is 9.32 Å². The molecule has 20 heavy (non-hydrogen) atoms. The average Bonchev–Trinajstić information content (AvgIpc) is 3.08. The molecule has 0 radical (unpaired) electrons. The van der Waals surface area contributed by atoms with Crippen LogP contribution in [0.3, 0.4) is 0 Å². The normalized spacial score (nSPS) is 12.3. The van der Waals surface area contributed by atoms with Crippen LogP contribution in [0.25, 0.3) is 0 Å². The van der Waals surface area contributed by atoms with Crippen LogP contribution in [0.15, 0.2) is 4.52 Å². The van der Waals surface area contributed by atoms with Crippen molar-refractivity contribution in [2.24, 2.45) is 0 Å². The summed E-state index contributed by atoms with van der Waals surface area (Å²) in [5, 5.41) is 20.0. The summed E-state index contributed by atoms with van der Waals surface area (Å²) in [6.07, 6.45) is 2.43. The van der Waals surface area contributed by atoms with Gasteiger partial charge in [-0.15, -0.1) is 10.2 Å². The van der Waals surface area contributed by atoms with Crippen LogP contribution in [0.5, 0.6) is 0 Å². The number of amides is 1. The smallest absolute Gasteiger partial charge is 0.227 e. The summed E-state index contributed by atoms with van der Waals surface area (Å²) in [7, 11) is 0. The number of carbonyl (C=O) groups is 1. The molecule has 0 saturated carbocycles. The van der Waals surface area contributed by atoms with Crippen LogP contribution in [0.2, 0.25) is 0 Å². The van der Waals surface area contributed by atoms with Gasteiger partial charge in [-0.2, -0.15) is 10.2 Å². The van der Waals surface area contributed by atoms with E-state index in [0.29, 0.717) is 24.0 Å². The van der Waals surface area contributed by atoms with Crippen molar-refractivity contribution in [2.75, 3.05) is 0 Å². The number of aromatic amines is 1. The molecule has 0 aliphatic heterocycles. The van der Waals surface area contributed by atoms with Crippen LogP contribution in [0, 0.1) is 0 Å². The molecule has 2 heterocycles. The van der Waals surface area contributed by atoms with Gasteiger partial charge in [0.25, 0.3) is 0 Å². The summed E-state index contributed by atoms with van der Waals surface area (Å²) >= 11 is 0. The van der Waals surface area contributed by atoms with E-state index in [0.717, 1.165) is 12.8 Å². The highest BCUT2D eigenvalue weighted by Crippen LogP contribution is 2.06. The van der Waals surface area contributed by atoms with Crippen LogP contribution >= 0.6 is 0 Å². The topological polar surface area (TPSA) is 122 Å². The molecule has 1 unspecified atom stereocenters. The Balaban J connectivity index is 1.77. The number of hydrogen-bond acceptors (Lipinski definition) is 7. The second-order valence-electron chi connectivity index (χ2n) is 4.41. The Morgan fingerprint density at radius 1 is 1.45 bits per heavy atom. The van der Waals surface area contributed by atoms with Crippen molar-refractivity contribution in [3.05, 3.63) is 17.5 Å². The van der Waals surface area contributed by atoms with E-state index in [1.165, 1.54) is 0 Å². The SMILES string of the molecule is CCCc1noc(CCC(=O)NC(C)c2nn[nH]n2)n1. The first kappa shape index (κ1) is 14.1. The highest BCUT2D eigenvalue weighted by atomic mass is 16.5. The predicted octanol–water partition coefficient (Wildman–Crippen LogP) is 0.345. The summed E-state index contributed by atoms with van der Waals surface area (Å²) in [6, 6.07) is -0.292. The minimum atomic E-state index is -0.292. The Hall–Kier alpha value is -2.32. The quantitative estimate of drug-likeness (QED) is 0.749. The molecule has 0 aliphatic carbocycles. The fourth-order valence-corrected chi connectivity index (χ4v) is 1.67. The molecule has 0 spiro atoms. The Kier molecular flexibility index (Phi) is 4.75. The van der Waals surface area contributed by atoms with E-state index in [-0.39, 0.29) is 18.4 Å². The fourth-order valence-electron chi connectivity index (χ4n) is 1.67. The van der Waals surface area contributed by atoms with Gasteiger partial charge in [0.05, 0.1) is 6.04 Å². The molecule has 0 saturated heterocycles. The molecule has 0 aliphatic rings. The number of carbonyl (C=O) groups excluding carboxylic acids is 1. The third-order valence-corrected chi connectivity index (χ3v) is 2.68. The molecule has 108 valence electrons. The molecule has 0 aromatic carbocycles. The maximum Gasteiger partial charge on any atom is 0.227 e. The van der Waals surface area contributed by atoms with Gasteiger partial charge in [0.15, 0.2) is 11.6 Å². The number of nitrogens with zero attached hydrogens (tertiary/aromatic N) is 5. The van der Waals surface area contributed by atoms with Crippen LogP contribution in [-0.2, 0) is 17.6 Å². The highest BCUT2D eigenvalue weighted by molar-refractivity contribution is 5.76. The van der Waals surface area contributed by atoms with Gasteiger partial charge < -0.3 is 9.84 Å². The fraction of sp³-hybridized carbons (Fsp3) is 0.636. The number of aromatic nitrogens is 6. The van der Waals surface area contributed by atoms with Gasteiger partial charge in [-0.1, -0.05) is 17.3 Å². The molecule has 9 nitrogen and oxygen atoms in total. The lowest BCUT2D eigenvalue weighted by molar-refractivity contribution is -0.121. The first-order chi connectivity index (χ1) is 9.69. The number of rotatable bonds is 7. The molecule has 1 amide bonds. The Bertz CT molecular complexity index is 537. The summed E-state index contributed by atoms with van der Waals surface area (Å²) in [4.78, 5) is 16.0. The van der Waals surface area contributed by atoms with Crippen molar-refractivity contribution >= 4 is 5.91 Å². The first-order valence-corrected chi connectivity index (χ1v) is 6.53. The number of nitrogens with one attached hydrogen (secondary N) is 2. The van der Waals surface area contributed by atoms with E-state index < -0.39 is 0 Å². The van der Waals surface area contributed by atoms with Crippen LogP contribution in [0.1, 0.15) is 50.3 Å². The molecule has 2 aromatic rings. The summed E-state index contributed by atoms with van der Waals surface area (Å²) in [5.74, 6) is 1.48. The van der Waals surface area contributed by atoms with E-state index in [2.05, 4.69) is 36.1 Å². The van der Waals surface area contributed by atoms with E-state index in [4.69, 9.17) is 4.52 Å². The van der Waals surface area contributed by atoms with Gasteiger partial charge in [-0.25, -0.2) is 0 Å². The molecular weight excluding hydrogens is 262 g/mol. The zero-order valence-corrected chi connectivity index (χ0v) is 11.5. The first-order valence-electron chi connectivity index (χ1n) is 6.53. The zero-order chi connectivity index (χ0) is 14.4. The number of tetrazole rings is 1. The molecule has 9 heteroatoms. The molecule has 2 rings (SSSR count). The molecule has 1 atom stereocenters. The zero-order valence-electron chi connectivity index (χ0n) is 11.5. The van der Waals surface area contributed by atoms with Crippen molar-refractivity contribution in [3.8, 4) is 0 Å². The van der Waals surface area contributed by atoms with Crippen molar-refractivity contribution in [1.29, 1.82) is 0 Å². The average molecular weight is 279 g/mol. The van der Waals surface area contributed by atoms with Gasteiger partial charge in [-0.3, -0.25) is 4.79 Å². The van der Waals surface area contributed by atoms with Gasteiger partial charge in [-0.05, 0) is 13.3 Å². The molecule has 0 bridgehead atoms. The van der Waals surface area contributed by atoms with Gasteiger partial charge >= 0.3 is 0 Å². The van der Waals surface area contributed by atoms with E-state index in [1.807, 2.05) is 6.92 Å². The highest BCUT2D eigenvalue weighted by Gasteiger charge is 2.14. The monoisotopic (exact) mass is 279 g/mol. The Labute approximate surface area is 115 Å². The molecule has 0 fully saturated rings. The number of aryl methyl sites for hydroxylation is 2. The minimum absolute atomic E-state index is 0.127. The van der Waals surface area contributed by atoms with Crippen LogP contribution in [-0.4, -0.2) is 36.7 Å². The minimum Gasteiger partial charge on any atom is -0.346 e. The van der Waals surface area contributed by atoms with Gasteiger partial charge in [0, 0.05) is 19.3 Å². The summed E-state index contributed by atoms with van der Waals surface area (Å²) in [5.41, 5.74) is 0. The number of H-pyrrole nitrogens is 1. The maximum atomic E-state index is 11.8. The van der Waals surface area contributed by atoms with Gasteiger partial charge in [0.1, 0.15) is 0 Å². The van der Waals surface area contributed by atoms with Crippen LogP contribution in [0.4, 0.5) is 0 Å². The van der Waals surface area contributed by atoms with E-state index in [1.54, 1.807) is 6.92 Å². The third kappa shape index (κ3) is 3.84. The second kappa shape index (κ2) is 6.73. The molecule has 2 aromatic heterocycles. The predicted molar refractivity (Wildman–Crippen MR) is 67.3 cm³/mol. The van der Waals surface area contributed by atoms with Crippen molar-refractivity contribution in [1.82, 2.24) is 36.1 Å². The lowest BCUT2D eigenvalue weighted by atomic mass is 10.2. The lowest BCUT2D eigenvalue weighted by Crippen LogP contribution is -2.27. The summed E-state index contributed by atoms with van der Waals surface area (Å²) < 4.78 is 5.06. The largest absolute Gasteiger partial charge is 0.346 e.